The van der Waals surface area contributed by atoms with Crippen molar-refractivity contribution in [2.75, 3.05) is 0 Å². The van der Waals surface area contributed by atoms with Gasteiger partial charge in [0.05, 0.1) is 0 Å². The molecule has 0 unspecified atom stereocenters. The van der Waals surface area contributed by atoms with E-state index in [1.54, 1.807) is 0 Å². The summed E-state index contributed by atoms with van der Waals surface area (Å²) in [4.78, 5) is 0. The van der Waals surface area contributed by atoms with Crippen molar-refractivity contribution in [3.63, 3.8) is 0 Å². The van der Waals surface area contributed by atoms with Crippen molar-refractivity contribution in [2.45, 2.75) is 6.92 Å². The average Bonchev–Trinajstić information content (AvgIpc) is 1.91. The molecule has 0 fully saturated rings. The van der Waals surface area contributed by atoms with Gasteiger partial charge in [0, 0.05) is 0 Å². The summed E-state index contributed by atoms with van der Waals surface area (Å²) in [6, 6.07) is 8.17. The van der Waals surface area contributed by atoms with E-state index >= 15 is 0 Å². The van der Waals surface area contributed by atoms with Gasteiger partial charge in [0.15, 0.2) is 0 Å². The fourth-order valence-electron chi connectivity index (χ4n) is 0.796. The molecule has 0 saturated carbocycles. The molecule has 1 aromatic rings. The van der Waals surface area contributed by atoms with Gasteiger partial charge in [-0.3, -0.25) is 0 Å². The minimum absolute atomic E-state index is 1.05. The second kappa shape index (κ2) is 5.25. The minimum atomic E-state index is -2.20. The third kappa shape index (κ3) is 4.55. The van der Waals surface area contributed by atoms with Gasteiger partial charge in [0.25, 0.3) is 0 Å². The van der Waals surface area contributed by atoms with Crippen molar-refractivity contribution in [1.29, 1.82) is 0 Å². The maximum atomic E-state index is 5.90. The zero-order valence-electron chi connectivity index (χ0n) is 6.35. The Morgan fingerprint density at radius 1 is 1.17 bits per heavy atom. The number of benzene rings is 1. The zero-order chi connectivity index (χ0) is 9.19. The Bertz CT molecular complexity index is 272. The molecule has 0 radical (unpaired) electrons. The van der Waals surface area contributed by atoms with E-state index in [-0.39, 0.29) is 0 Å². The normalized spacial score (nSPS) is 11.3. The van der Waals surface area contributed by atoms with Crippen LogP contribution in [0.4, 0.5) is 0 Å². The second-order valence-corrected chi connectivity index (χ2v) is 68.6. The quantitative estimate of drug-likeness (QED) is 0.470. The van der Waals surface area contributed by atoms with E-state index in [1.165, 1.54) is 5.56 Å². The molecule has 0 bridgehead atoms. The molecule has 0 amide bonds. The molecule has 1 nitrogen and oxygen atoms in total. The summed E-state index contributed by atoms with van der Waals surface area (Å²) in [5.74, 6) is 1.05. The molecule has 0 aliphatic carbocycles. The zero-order valence-corrected chi connectivity index (χ0v) is 15.3. The van der Waals surface area contributed by atoms with Gasteiger partial charge < -0.3 is 0 Å². The van der Waals surface area contributed by atoms with Gasteiger partial charge in [-0.25, -0.2) is 0 Å². The first-order chi connectivity index (χ1) is 5.49. The van der Waals surface area contributed by atoms with E-state index in [0.717, 1.165) is 5.75 Å². The van der Waals surface area contributed by atoms with Crippen LogP contribution in [-0.4, -0.2) is 0 Å². The van der Waals surface area contributed by atoms with Crippen LogP contribution >= 0.6 is 54.1 Å². The molecule has 0 N–H and O–H groups in total. The Morgan fingerprint density at radius 3 is 2.25 bits per heavy atom. The van der Waals surface area contributed by atoms with E-state index in [4.69, 9.17) is 2.81 Å². The van der Waals surface area contributed by atoms with Crippen LogP contribution in [0.3, 0.4) is 0 Å². The van der Waals surface area contributed by atoms with Crippen molar-refractivity contribution in [2.24, 2.45) is 0 Å². The Hall–Kier alpha value is 2.09. The van der Waals surface area contributed by atoms with Crippen LogP contribution < -0.4 is 2.81 Å². The summed E-state index contributed by atoms with van der Waals surface area (Å²) >= 11 is 7.37. The van der Waals surface area contributed by atoms with E-state index in [9.17, 15) is 0 Å². The van der Waals surface area contributed by atoms with Crippen molar-refractivity contribution in [3.05, 3.63) is 29.8 Å². The Kier molecular flexibility index (Phi) is 5.32. The standard InChI is InChI=1S/C7H8O.3HI.Zr/c1-6-4-2-3-5-7(6)8;;;;/h2-5,8H,1H3;3*1H;/q;;;;+4/p-4. The van der Waals surface area contributed by atoms with Gasteiger partial charge in [-0.2, -0.15) is 0 Å². The summed E-state index contributed by atoms with van der Waals surface area (Å²) in [6.45, 7) is 2.08. The Labute approximate surface area is 105 Å². The summed E-state index contributed by atoms with van der Waals surface area (Å²) in [7, 11) is -2.20. The van der Waals surface area contributed by atoms with Crippen LogP contribution in [0.2, 0.25) is 0 Å². The maximum absolute atomic E-state index is 5.90. The van der Waals surface area contributed by atoms with Gasteiger partial charge in [-0.15, -0.1) is 0 Å². The summed E-state index contributed by atoms with van der Waals surface area (Å²) in [5.41, 5.74) is 1.23. The summed E-state index contributed by atoms with van der Waals surface area (Å²) in [6.07, 6.45) is 0. The van der Waals surface area contributed by atoms with Gasteiger partial charge in [0.2, 0.25) is 0 Å². The fraction of sp³-hybridized carbons (Fsp3) is 0.143. The van der Waals surface area contributed by atoms with Crippen molar-refractivity contribution in [3.8, 4) is 5.75 Å². The van der Waals surface area contributed by atoms with Crippen LogP contribution in [0.25, 0.3) is 0 Å². The van der Waals surface area contributed by atoms with Gasteiger partial charge in [-0.1, -0.05) is 0 Å². The Balaban J connectivity index is 2.83. The molecule has 0 aromatic heterocycles. The van der Waals surface area contributed by atoms with Gasteiger partial charge in [0.1, 0.15) is 0 Å². The molecule has 0 saturated heterocycles. The van der Waals surface area contributed by atoms with E-state index < -0.39 is 8.14 Å². The van der Waals surface area contributed by atoms with Gasteiger partial charge >= 0.3 is 108 Å². The van der Waals surface area contributed by atoms with Crippen molar-refractivity contribution < 1.29 is 10.9 Å². The third-order valence-electron chi connectivity index (χ3n) is 1.32. The molecule has 66 valence electrons. The fourth-order valence-corrected chi connectivity index (χ4v) is 6.18. The number of halogens is 3. The third-order valence-corrected chi connectivity index (χ3v) is 6.34. The van der Waals surface area contributed by atoms with Crippen LogP contribution in [0.5, 0.6) is 5.75 Å². The molecule has 0 aliphatic heterocycles. The molecule has 1 rings (SSSR count). The molecule has 0 atom stereocenters. The molecule has 1 aromatic carbocycles. The van der Waals surface area contributed by atoms with E-state index in [1.807, 2.05) is 18.2 Å². The van der Waals surface area contributed by atoms with Crippen LogP contribution in [-0.2, 0) is 8.14 Å². The van der Waals surface area contributed by atoms with Crippen LogP contribution in [0.15, 0.2) is 24.3 Å². The molecule has 5 heteroatoms. The number of aryl methyl sites for hydroxylation is 1. The first-order valence-electron chi connectivity index (χ1n) is 3.30. The molecule has 0 spiro atoms. The molecule has 0 heterocycles. The molecular weight excluding hydrogens is 572 g/mol. The Morgan fingerprint density at radius 2 is 1.75 bits per heavy atom. The van der Waals surface area contributed by atoms with Gasteiger partial charge in [-0.05, 0) is 0 Å². The predicted molar refractivity (Wildman–Crippen MR) is 73.9 cm³/mol. The molecule has 12 heavy (non-hydrogen) atoms. The monoisotopic (exact) mass is 578 g/mol. The second-order valence-electron chi connectivity index (χ2n) is 2.31. The van der Waals surface area contributed by atoms with E-state index in [0.29, 0.717) is 0 Å². The number of hydrogen-bond acceptors (Lipinski definition) is 1. The van der Waals surface area contributed by atoms with Crippen molar-refractivity contribution in [1.82, 2.24) is 0 Å². The molecular formula is C7H7I3OZr. The number of hydrogen-bond donors (Lipinski definition) is 0. The van der Waals surface area contributed by atoms with Crippen LogP contribution in [0, 0.1) is 6.92 Å². The topological polar surface area (TPSA) is 9.23 Å². The number of para-hydroxylation sites is 1. The van der Waals surface area contributed by atoms with Crippen LogP contribution in [0.1, 0.15) is 5.56 Å². The van der Waals surface area contributed by atoms with E-state index in [2.05, 4.69) is 67.1 Å². The molecule has 0 aliphatic rings. The predicted octanol–water partition coefficient (Wildman–Crippen LogP) is 4.49. The van der Waals surface area contributed by atoms with Crippen molar-refractivity contribution >= 4 is 54.1 Å². The number of rotatable bonds is 2. The average molecular weight is 579 g/mol. The summed E-state index contributed by atoms with van der Waals surface area (Å²) < 4.78 is 5.90. The summed E-state index contributed by atoms with van der Waals surface area (Å²) in [5, 5.41) is 0. The first kappa shape index (κ1) is 12.2. The SMILES string of the molecule is Cc1ccccc1[O][Zr]([I])([I])[I]. The first-order valence-corrected chi connectivity index (χ1v) is 26.2.